The topological polar surface area (TPSA) is 50.1 Å². The van der Waals surface area contributed by atoms with Crippen molar-refractivity contribution in [1.29, 1.82) is 5.26 Å². The maximum absolute atomic E-state index is 11.4. The van der Waals surface area contributed by atoms with Gasteiger partial charge in [0.15, 0.2) is 5.78 Å². The summed E-state index contributed by atoms with van der Waals surface area (Å²) in [4.78, 5) is 11.4. The average molecular weight is 201 g/mol. The highest BCUT2D eigenvalue weighted by atomic mass is 16.5. The van der Waals surface area contributed by atoms with Crippen molar-refractivity contribution < 1.29 is 9.53 Å². The second kappa shape index (κ2) is 4.65. The van der Waals surface area contributed by atoms with E-state index in [1.165, 1.54) is 6.92 Å². The fourth-order valence-corrected chi connectivity index (χ4v) is 1.53. The largest absolute Gasteiger partial charge is 0.496 e. The van der Waals surface area contributed by atoms with Crippen LogP contribution in [0.1, 0.15) is 22.8 Å². The van der Waals surface area contributed by atoms with Gasteiger partial charge in [0.2, 0.25) is 0 Å². The molecule has 3 nitrogen and oxygen atoms in total. The van der Waals surface area contributed by atoms with E-state index in [1.54, 1.807) is 13.2 Å². The molecule has 0 heterocycles. The molecule has 0 spiro atoms. The van der Waals surface area contributed by atoms with Crippen LogP contribution in [0.2, 0.25) is 0 Å². The molecule has 0 bridgehead atoms. The van der Waals surface area contributed by atoms with Crippen LogP contribution in [0.15, 0.2) is 12.1 Å². The summed E-state index contributed by atoms with van der Waals surface area (Å²) < 4.78 is 5.13. The van der Waals surface area contributed by atoms with E-state index in [0.717, 1.165) is 11.0 Å². The van der Waals surface area contributed by atoms with Crippen LogP contribution in [0, 0.1) is 18.2 Å². The van der Waals surface area contributed by atoms with E-state index in [1.807, 2.05) is 13.0 Å². The fraction of sp³-hybridized carbons (Fsp3) is 0.273. The van der Waals surface area contributed by atoms with Crippen LogP contribution in [-0.2, 0) is 0 Å². The van der Waals surface area contributed by atoms with Gasteiger partial charge in [0.25, 0.3) is 7.28 Å². The maximum atomic E-state index is 11.4. The number of nitriles is 1. The van der Waals surface area contributed by atoms with Gasteiger partial charge in [-0.25, -0.2) is 5.26 Å². The minimum Gasteiger partial charge on any atom is -0.496 e. The van der Waals surface area contributed by atoms with Gasteiger partial charge in [0.1, 0.15) is 5.75 Å². The third kappa shape index (κ3) is 2.38. The van der Waals surface area contributed by atoms with Crippen molar-refractivity contribution in [1.82, 2.24) is 0 Å². The smallest absolute Gasteiger partial charge is 0.283 e. The molecule has 0 aromatic heterocycles. The van der Waals surface area contributed by atoms with Gasteiger partial charge in [-0.2, -0.15) is 0 Å². The third-order valence-corrected chi connectivity index (χ3v) is 2.27. The van der Waals surface area contributed by atoms with Gasteiger partial charge < -0.3 is 4.74 Å². The van der Waals surface area contributed by atoms with Crippen molar-refractivity contribution in [2.45, 2.75) is 13.8 Å². The quantitative estimate of drug-likeness (QED) is 0.535. The number of methoxy groups -OCH3 is 1. The minimum absolute atomic E-state index is 0.0430. The Kier molecular flexibility index (Phi) is 3.51. The van der Waals surface area contributed by atoms with Gasteiger partial charge in [-0.1, -0.05) is 11.5 Å². The summed E-state index contributed by atoms with van der Waals surface area (Å²) in [5, 5.41) is 8.65. The number of rotatable bonds is 3. The van der Waals surface area contributed by atoms with Crippen molar-refractivity contribution in [3.05, 3.63) is 23.3 Å². The van der Waals surface area contributed by atoms with Gasteiger partial charge in [-0.3, -0.25) is 4.79 Å². The number of hydrogen-bond donors (Lipinski definition) is 0. The van der Waals surface area contributed by atoms with E-state index in [9.17, 15) is 4.79 Å². The van der Waals surface area contributed by atoms with E-state index in [0.29, 0.717) is 11.3 Å². The van der Waals surface area contributed by atoms with E-state index in [4.69, 9.17) is 10.00 Å². The van der Waals surface area contributed by atoms with Gasteiger partial charge in [0.05, 0.1) is 7.11 Å². The van der Waals surface area contributed by atoms with E-state index in [-0.39, 0.29) is 13.1 Å². The molecule has 0 fully saturated rings. The van der Waals surface area contributed by atoms with Crippen LogP contribution in [-0.4, -0.2) is 20.2 Å². The number of aryl methyl sites for hydroxylation is 1. The Morgan fingerprint density at radius 1 is 1.53 bits per heavy atom. The first-order chi connectivity index (χ1) is 7.10. The van der Waals surface area contributed by atoms with E-state index in [2.05, 4.69) is 5.97 Å². The highest BCUT2D eigenvalue weighted by Crippen LogP contribution is 2.17. The summed E-state index contributed by atoms with van der Waals surface area (Å²) in [6.07, 6.45) is 0. The molecule has 0 amide bonds. The number of ketones is 1. The molecule has 4 heteroatoms. The lowest BCUT2D eigenvalue weighted by molar-refractivity contribution is 0.101. The first-order valence-corrected chi connectivity index (χ1v) is 4.65. The molecule has 0 saturated heterocycles. The average Bonchev–Trinajstić information content (AvgIpc) is 2.18. The van der Waals surface area contributed by atoms with Crippen molar-refractivity contribution in [2.24, 2.45) is 0 Å². The Morgan fingerprint density at radius 2 is 2.20 bits per heavy atom. The highest BCUT2D eigenvalue weighted by Gasteiger charge is 2.11. The molecule has 1 aromatic carbocycles. The number of carbonyl (C=O) groups excluding carboxylic acids is 1. The van der Waals surface area contributed by atoms with Gasteiger partial charge in [-0.05, 0) is 25.5 Å². The standard InChI is InChI=1S/C11H12BNO2/c1-7-4-10(12-6-13)9(8(2)14)5-11(7)15-3/h4-5,12H,1-3H3. The monoisotopic (exact) mass is 201 g/mol. The Balaban J connectivity index is 3.33. The normalized spacial score (nSPS) is 9.20. The Morgan fingerprint density at radius 3 is 2.67 bits per heavy atom. The molecule has 15 heavy (non-hydrogen) atoms. The van der Waals surface area contributed by atoms with Crippen LogP contribution in [0.25, 0.3) is 0 Å². The lowest BCUT2D eigenvalue weighted by Crippen LogP contribution is -2.21. The van der Waals surface area contributed by atoms with Crippen molar-refractivity contribution in [3.8, 4) is 11.7 Å². The van der Waals surface area contributed by atoms with Gasteiger partial charge in [-0.15, -0.1) is 0 Å². The molecule has 0 atom stereocenters. The molecular formula is C11H12BNO2. The molecule has 0 aliphatic heterocycles. The second-order valence-corrected chi connectivity index (χ2v) is 3.37. The lowest BCUT2D eigenvalue weighted by Gasteiger charge is -2.09. The number of nitrogens with zero attached hydrogens (tertiary/aromatic N) is 1. The fourth-order valence-electron chi connectivity index (χ4n) is 1.53. The minimum atomic E-state index is -0.0430. The molecule has 76 valence electrons. The lowest BCUT2D eigenvalue weighted by atomic mass is 9.69. The van der Waals surface area contributed by atoms with Crippen molar-refractivity contribution in [2.75, 3.05) is 7.11 Å². The summed E-state index contributed by atoms with van der Waals surface area (Å²) in [7, 11) is 1.82. The molecule has 0 N–H and O–H groups in total. The number of carbonyl (C=O) groups is 1. The molecule has 1 aromatic rings. The van der Waals surface area contributed by atoms with E-state index < -0.39 is 0 Å². The zero-order chi connectivity index (χ0) is 11.4. The number of benzene rings is 1. The van der Waals surface area contributed by atoms with Crippen LogP contribution in [0.3, 0.4) is 0 Å². The summed E-state index contributed by atoms with van der Waals surface area (Å²) in [6, 6.07) is 3.53. The maximum Gasteiger partial charge on any atom is 0.283 e. The zero-order valence-corrected chi connectivity index (χ0v) is 9.13. The first-order valence-electron chi connectivity index (χ1n) is 4.65. The van der Waals surface area contributed by atoms with Crippen LogP contribution in [0.4, 0.5) is 0 Å². The molecule has 0 unspecified atom stereocenters. The summed E-state index contributed by atoms with van der Waals surface area (Å²) in [5.41, 5.74) is 2.27. The Labute approximate surface area is 89.9 Å². The molecule has 0 saturated carbocycles. The van der Waals surface area contributed by atoms with Crippen LogP contribution >= 0.6 is 0 Å². The van der Waals surface area contributed by atoms with Gasteiger partial charge in [0, 0.05) is 11.5 Å². The Hall–Kier alpha value is -1.76. The van der Waals surface area contributed by atoms with Crippen molar-refractivity contribution >= 4 is 18.5 Å². The molecule has 0 aliphatic carbocycles. The number of hydrogen-bond acceptors (Lipinski definition) is 3. The Bertz CT molecular complexity index is 435. The van der Waals surface area contributed by atoms with Crippen LogP contribution in [0.5, 0.6) is 5.75 Å². The summed E-state index contributed by atoms with van der Waals surface area (Å²) in [6.45, 7) is 3.38. The molecule has 1 rings (SSSR count). The van der Waals surface area contributed by atoms with Gasteiger partial charge >= 0.3 is 0 Å². The number of Topliss-reactive ketones (excluding diaryl/α,β-unsaturated/α-hetero) is 1. The summed E-state index contributed by atoms with van der Waals surface area (Å²) in [5.74, 6) is 2.69. The predicted octanol–water partition coefficient (Wildman–Crippen LogP) is 0.749. The molecular weight excluding hydrogens is 189 g/mol. The third-order valence-electron chi connectivity index (χ3n) is 2.27. The predicted molar refractivity (Wildman–Crippen MR) is 60.1 cm³/mol. The van der Waals surface area contributed by atoms with E-state index >= 15 is 0 Å². The van der Waals surface area contributed by atoms with Crippen LogP contribution < -0.4 is 10.2 Å². The first kappa shape index (κ1) is 11.3. The highest BCUT2D eigenvalue weighted by molar-refractivity contribution is 6.62. The second-order valence-electron chi connectivity index (χ2n) is 3.37. The molecule has 0 radical (unpaired) electrons. The zero-order valence-electron chi connectivity index (χ0n) is 9.13. The number of ether oxygens (including phenoxy) is 1. The molecule has 0 aliphatic rings. The summed E-state index contributed by atoms with van der Waals surface area (Å²) >= 11 is 0. The SMILES string of the molecule is COc1cc(C(C)=O)c(BC#N)cc1C. The van der Waals surface area contributed by atoms with Crippen molar-refractivity contribution in [3.63, 3.8) is 0 Å².